The standard InChI is InChI=1S/C14H18ClN5O3/c1-3-18(8-9-23-4-2)13(21)20-14(22)19(16-17-20)12-7-5-6-11(15)10-12/h5-7,10H,3-4,8-9H2,1-2H3. The third-order valence-electron chi connectivity index (χ3n) is 3.18. The molecule has 0 fully saturated rings. The summed E-state index contributed by atoms with van der Waals surface area (Å²) in [5.41, 5.74) is -0.203. The molecule has 0 atom stereocenters. The van der Waals surface area contributed by atoms with Crippen LogP contribution in [-0.2, 0) is 4.74 Å². The van der Waals surface area contributed by atoms with Crippen LogP contribution in [0.4, 0.5) is 4.79 Å². The van der Waals surface area contributed by atoms with Gasteiger partial charge in [0.1, 0.15) is 0 Å². The molecule has 2 aromatic rings. The van der Waals surface area contributed by atoms with E-state index in [4.69, 9.17) is 16.3 Å². The predicted molar refractivity (Wildman–Crippen MR) is 85.2 cm³/mol. The van der Waals surface area contributed by atoms with Gasteiger partial charge in [0.2, 0.25) is 0 Å². The third kappa shape index (κ3) is 3.96. The molecule has 0 aliphatic rings. The summed E-state index contributed by atoms with van der Waals surface area (Å²) in [7, 11) is 0. The lowest BCUT2D eigenvalue weighted by Gasteiger charge is -2.18. The van der Waals surface area contributed by atoms with Crippen LogP contribution in [0, 0.1) is 0 Å². The number of carbonyl (C=O) groups excluding carboxylic acids is 1. The van der Waals surface area contributed by atoms with Crippen LogP contribution in [0.25, 0.3) is 5.69 Å². The Hall–Kier alpha value is -2.19. The fraction of sp³-hybridized carbons (Fsp3) is 0.429. The quantitative estimate of drug-likeness (QED) is 0.587. The van der Waals surface area contributed by atoms with E-state index in [1.54, 1.807) is 24.3 Å². The number of tetrazole rings is 1. The van der Waals surface area contributed by atoms with Crippen molar-refractivity contribution in [3.8, 4) is 5.69 Å². The van der Waals surface area contributed by atoms with E-state index in [9.17, 15) is 9.59 Å². The van der Waals surface area contributed by atoms with Gasteiger partial charge in [0.15, 0.2) is 0 Å². The van der Waals surface area contributed by atoms with Crippen LogP contribution in [0.15, 0.2) is 29.1 Å². The summed E-state index contributed by atoms with van der Waals surface area (Å²) in [6, 6.07) is 6.05. The number of amides is 1. The van der Waals surface area contributed by atoms with Gasteiger partial charge in [0, 0.05) is 24.7 Å². The van der Waals surface area contributed by atoms with Crippen molar-refractivity contribution in [1.82, 2.24) is 24.7 Å². The molecule has 0 N–H and O–H groups in total. The van der Waals surface area contributed by atoms with Crippen molar-refractivity contribution < 1.29 is 9.53 Å². The molecular weight excluding hydrogens is 322 g/mol. The Kier molecular flexibility index (Phi) is 5.89. The largest absolute Gasteiger partial charge is 0.380 e. The minimum atomic E-state index is -0.646. The van der Waals surface area contributed by atoms with E-state index in [-0.39, 0.29) is 0 Å². The summed E-state index contributed by atoms with van der Waals surface area (Å²) in [4.78, 5) is 26.2. The SMILES string of the molecule is CCOCCN(CC)C(=O)n1nnn(-c2cccc(Cl)c2)c1=O. The Morgan fingerprint density at radius 1 is 1.35 bits per heavy atom. The molecule has 0 unspecified atom stereocenters. The van der Waals surface area contributed by atoms with Crippen LogP contribution in [0.2, 0.25) is 5.02 Å². The first-order chi connectivity index (χ1) is 11.1. The first-order valence-corrected chi connectivity index (χ1v) is 7.64. The van der Waals surface area contributed by atoms with Gasteiger partial charge in [-0.1, -0.05) is 17.7 Å². The van der Waals surface area contributed by atoms with Gasteiger partial charge in [-0.05, 0) is 42.5 Å². The number of rotatable bonds is 6. The number of hydrogen-bond acceptors (Lipinski definition) is 5. The Morgan fingerprint density at radius 3 is 2.78 bits per heavy atom. The second kappa shape index (κ2) is 7.89. The molecule has 9 heteroatoms. The number of nitrogens with zero attached hydrogens (tertiary/aromatic N) is 5. The van der Waals surface area contributed by atoms with Crippen molar-refractivity contribution in [2.45, 2.75) is 13.8 Å². The smallest absolute Gasteiger partial charge is 0.377 e. The average molecular weight is 340 g/mol. The fourth-order valence-corrected chi connectivity index (χ4v) is 2.16. The summed E-state index contributed by atoms with van der Waals surface area (Å²) < 4.78 is 6.99. The number of likely N-dealkylation sites (N-methyl/N-ethyl adjacent to an activating group) is 1. The normalized spacial score (nSPS) is 10.7. The van der Waals surface area contributed by atoms with Crippen LogP contribution < -0.4 is 5.69 Å². The molecule has 0 bridgehead atoms. The number of benzene rings is 1. The van der Waals surface area contributed by atoms with Crippen molar-refractivity contribution in [2.24, 2.45) is 0 Å². The van der Waals surface area contributed by atoms with E-state index in [0.29, 0.717) is 37.0 Å². The summed E-state index contributed by atoms with van der Waals surface area (Å²) in [6.45, 7) is 5.46. The van der Waals surface area contributed by atoms with E-state index in [0.717, 1.165) is 9.36 Å². The van der Waals surface area contributed by atoms with Crippen molar-refractivity contribution >= 4 is 17.6 Å². The van der Waals surface area contributed by atoms with Gasteiger partial charge in [0.25, 0.3) is 0 Å². The first kappa shape index (κ1) is 17.2. The van der Waals surface area contributed by atoms with Crippen LogP contribution in [-0.4, -0.2) is 57.0 Å². The molecule has 2 rings (SSSR count). The van der Waals surface area contributed by atoms with E-state index in [2.05, 4.69) is 10.4 Å². The van der Waals surface area contributed by atoms with Crippen LogP contribution in [0.1, 0.15) is 13.8 Å². The first-order valence-electron chi connectivity index (χ1n) is 7.26. The summed E-state index contributed by atoms with van der Waals surface area (Å²) in [5.74, 6) is 0. The Labute approximate surface area is 138 Å². The van der Waals surface area contributed by atoms with Gasteiger partial charge < -0.3 is 9.64 Å². The molecule has 0 spiro atoms. The zero-order valence-electron chi connectivity index (χ0n) is 13.0. The molecule has 23 heavy (non-hydrogen) atoms. The zero-order chi connectivity index (χ0) is 16.8. The van der Waals surface area contributed by atoms with Gasteiger partial charge in [-0.15, -0.1) is 4.68 Å². The lowest BCUT2D eigenvalue weighted by atomic mass is 10.3. The number of carbonyl (C=O) groups is 1. The van der Waals surface area contributed by atoms with Crippen molar-refractivity contribution in [3.63, 3.8) is 0 Å². The Bertz CT molecular complexity index is 727. The Morgan fingerprint density at radius 2 is 2.13 bits per heavy atom. The number of ether oxygens (including phenoxy) is 1. The summed E-state index contributed by atoms with van der Waals surface area (Å²) in [5, 5.41) is 7.86. The van der Waals surface area contributed by atoms with Gasteiger partial charge >= 0.3 is 11.7 Å². The summed E-state index contributed by atoms with van der Waals surface area (Å²) >= 11 is 5.90. The van der Waals surface area contributed by atoms with Crippen molar-refractivity contribution in [3.05, 3.63) is 39.8 Å². The highest BCUT2D eigenvalue weighted by Gasteiger charge is 2.20. The predicted octanol–water partition coefficient (Wildman–Crippen LogP) is 1.41. The minimum Gasteiger partial charge on any atom is -0.380 e. The summed E-state index contributed by atoms with van der Waals surface area (Å²) in [6.07, 6.45) is 0. The second-order valence-corrected chi connectivity index (χ2v) is 5.06. The number of aromatic nitrogens is 4. The maximum absolute atomic E-state index is 12.4. The van der Waals surface area contributed by atoms with Gasteiger partial charge in [-0.25, -0.2) is 9.59 Å². The van der Waals surface area contributed by atoms with Gasteiger partial charge in [0.05, 0.1) is 12.3 Å². The fourth-order valence-electron chi connectivity index (χ4n) is 1.98. The monoisotopic (exact) mass is 339 g/mol. The lowest BCUT2D eigenvalue weighted by Crippen LogP contribution is -2.42. The average Bonchev–Trinajstić information content (AvgIpc) is 2.93. The zero-order valence-corrected chi connectivity index (χ0v) is 13.7. The lowest BCUT2D eigenvalue weighted by molar-refractivity contribution is 0.120. The number of halogens is 1. The molecule has 1 aromatic carbocycles. The van der Waals surface area contributed by atoms with E-state index < -0.39 is 11.7 Å². The highest BCUT2D eigenvalue weighted by molar-refractivity contribution is 6.30. The van der Waals surface area contributed by atoms with Gasteiger partial charge in [-0.2, -0.15) is 4.68 Å². The van der Waals surface area contributed by atoms with E-state index >= 15 is 0 Å². The highest BCUT2D eigenvalue weighted by Crippen LogP contribution is 2.12. The van der Waals surface area contributed by atoms with Gasteiger partial charge in [-0.3, -0.25) is 0 Å². The van der Waals surface area contributed by atoms with Crippen LogP contribution in [0.3, 0.4) is 0 Å². The molecule has 0 aliphatic heterocycles. The maximum atomic E-state index is 12.4. The molecule has 1 heterocycles. The minimum absolute atomic E-state index is 0.375. The second-order valence-electron chi connectivity index (χ2n) is 4.62. The molecule has 0 aliphatic carbocycles. The molecule has 1 amide bonds. The maximum Gasteiger partial charge on any atom is 0.377 e. The van der Waals surface area contributed by atoms with E-state index in [1.165, 1.54) is 4.90 Å². The topological polar surface area (TPSA) is 82.2 Å². The van der Waals surface area contributed by atoms with Crippen molar-refractivity contribution in [1.29, 1.82) is 0 Å². The van der Waals surface area contributed by atoms with E-state index in [1.807, 2.05) is 13.8 Å². The van der Waals surface area contributed by atoms with Crippen LogP contribution >= 0.6 is 11.6 Å². The molecule has 8 nitrogen and oxygen atoms in total. The Balaban J connectivity index is 2.24. The molecule has 0 saturated heterocycles. The number of hydrogen-bond donors (Lipinski definition) is 0. The molecule has 1 aromatic heterocycles. The molecule has 0 saturated carbocycles. The molecule has 0 radical (unpaired) electrons. The molecular formula is C14H18ClN5O3. The third-order valence-corrected chi connectivity index (χ3v) is 3.41. The van der Waals surface area contributed by atoms with Crippen molar-refractivity contribution in [2.75, 3.05) is 26.3 Å². The highest BCUT2D eigenvalue weighted by atomic mass is 35.5. The molecule has 124 valence electrons. The van der Waals surface area contributed by atoms with Crippen LogP contribution in [0.5, 0.6) is 0 Å².